The molecule has 1 aliphatic rings. The summed E-state index contributed by atoms with van der Waals surface area (Å²) in [7, 11) is 1.18. The van der Waals surface area contributed by atoms with Crippen molar-refractivity contribution < 1.29 is 39.5 Å². The zero-order valence-corrected chi connectivity index (χ0v) is 24.4. The highest BCUT2D eigenvalue weighted by atomic mass is 16.5. The van der Waals surface area contributed by atoms with E-state index < -0.39 is 42.3 Å². The number of phenolic OH excluding ortho intramolecular Hbond substituents is 1. The number of phenols is 1. The van der Waals surface area contributed by atoms with Gasteiger partial charge < -0.3 is 40.7 Å². The summed E-state index contributed by atoms with van der Waals surface area (Å²) >= 11 is 0. The molecule has 0 aromatic heterocycles. The smallest absolute Gasteiger partial charge is 0.255 e. The van der Waals surface area contributed by atoms with E-state index in [1.165, 1.54) is 31.4 Å². The number of aromatic hydroxyl groups is 1. The second-order valence-corrected chi connectivity index (χ2v) is 11.2. The van der Waals surface area contributed by atoms with Crippen LogP contribution >= 0.6 is 0 Å². The van der Waals surface area contributed by atoms with Crippen molar-refractivity contribution in [1.82, 2.24) is 15.5 Å². The van der Waals surface area contributed by atoms with Gasteiger partial charge in [-0.2, -0.15) is 0 Å². The summed E-state index contributed by atoms with van der Waals surface area (Å²) in [5, 5.41) is 49.9. The Morgan fingerprint density at radius 2 is 1.95 bits per heavy atom. The summed E-state index contributed by atoms with van der Waals surface area (Å²) in [6, 6.07) is 3.01. The first-order valence-corrected chi connectivity index (χ1v) is 13.8. The second-order valence-electron chi connectivity index (χ2n) is 11.2. The third kappa shape index (κ3) is 10.3. The van der Waals surface area contributed by atoms with Crippen molar-refractivity contribution in [1.29, 1.82) is 0 Å². The molecule has 1 fully saturated rings. The second kappa shape index (κ2) is 16.1. The molecule has 0 unspecified atom stereocenters. The van der Waals surface area contributed by atoms with E-state index in [2.05, 4.69) is 20.7 Å². The van der Waals surface area contributed by atoms with Crippen molar-refractivity contribution in [2.24, 2.45) is 10.5 Å². The van der Waals surface area contributed by atoms with E-state index in [-0.39, 0.29) is 41.4 Å². The van der Waals surface area contributed by atoms with Crippen LogP contribution in [0.15, 0.2) is 35.5 Å². The number of azide groups is 1. The first-order chi connectivity index (χ1) is 19.8. The molecule has 1 aliphatic heterocycles. The predicted molar refractivity (Wildman–Crippen MR) is 154 cm³/mol. The van der Waals surface area contributed by atoms with E-state index in [1.807, 2.05) is 20.8 Å². The third-order valence-corrected chi connectivity index (χ3v) is 6.69. The fourth-order valence-corrected chi connectivity index (χ4v) is 4.39. The van der Waals surface area contributed by atoms with E-state index in [9.17, 15) is 34.8 Å². The Morgan fingerprint density at radius 3 is 2.60 bits per heavy atom. The van der Waals surface area contributed by atoms with Gasteiger partial charge in [-0.25, -0.2) is 0 Å². The summed E-state index contributed by atoms with van der Waals surface area (Å²) in [6.45, 7) is 6.62. The fraction of sp³-hybridized carbons (Fsp3) is 0.607. The van der Waals surface area contributed by atoms with E-state index in [0.29, 0.717) is 32.2 Å². The van der Waals surface area contributed by atoms with Crippen molar-refractivity contribution in [2.45, 2.75) is 76.9 Å². The SMILES string of the molecule is CO[C@@H](C(=O)N[C@H]1CCCCN(CCCNC(=O)c2cc(N=[N+]=[N-])ccc2O)C1=O)[C@H](O)[C@@H](O)[C@H](O)/C=C/C(C)(C)C. The number of amides is 3. The number of hydrogen-bond donors (Lipinski definition) is 6. The summed E-state index contributed by atoms with van der Waals surface area (Å²) in [5.74, 6) is -1.97. The first kappa shape index (κ1) is 34.5. The molecule has 0 aliphatic carbocycles. The van der Waals surface area contributed by atoms with Gasteiger partial charge in [0, 0.05) is 37.3 Å². The van der Waals surface area contributed by atoms with Crippen LogP contribution in [-0.4, -0.2) is 100 Å². The van der Waals surface area contributed by atoms with Gasteiger partial charge in [0.15, 0.2) is 6.10 Å². The summed E-state index contributed by atoms with van der Waals surface area (Å²) in [6.07, 6.45) is -1.32. The van der Waals surface area contributed by atoms with Crippen LogP contribution in [-0.2, 0) is 14.3 Å². The zero-order chi connectivity index (χ0) is 31.4. The van der Waals surface area contributed by atoms with Crippen LogP contribution in [0, 0.1) is 5.41 Å². The van der Waals surface area contributed by atoms with Crippen LogP contribution in [0.1, 0.15) is 56.8 Å². The molecule has 14 heteroatoms. The van der Waals surface area contributed by atoms with Crippen molar-refractivity contribution in [3.05, 3.63) is 46.4 Å². The number of carbonyl (C=O) groups excluding carboxylic acids is 3. The van der Waals surface area contributed by atoms with Gasteiger partial charge in [0.05, 0.1) is 5.56 Å². The van der Waals surface area contributed by atoms with Gasteiger partial charge in [0.2, 0.25) is 5.91 Å². The van der Waals surface area contributed by atoms with E-state index in [4.69, 9.17) is 10.3 Å². The number of hydrogen-bond acceptors (Lipinski definition) is 9. The molecule has 42 heavy (non-hydrogen) atoms. The molecule has 6 N–H and O–H groups in total. The summed E-state index contributed by atoms with van der Waals surface area (Å²) in [5.41, 5.74) is 8.42. The van der Waals surface area contributed by atoms with E-state index >= 15 is 0 Å². The van der Waals surface area contributed by atoms with Crippen LogP contribution in [0.3, 0.4) is 0 Å². The summed E-state index contributed by atoms with van der Waals surface area (Å²) < 4.78 is 5.13. The Morgan fingerprint density at radius 1 is 1.24 bits per heavy atom. The maximum atomic E-state index is 13.2. The highest BCUT2D eigenvalue weighted by Gasteiger charge is 2.37. The minimum Gasteiger partial charge on any atom is -0.507 e. The van der Waals surface area contributed by atoms with Crippen LogP contribution in [0.5, 0.6) is 5.75 Å². The molecular formula is C28H42N6O8. The number of nitrogens with zero attached hydrogens (tertiary/aromatic N) is 4. The Kier molecular flexibility index (Phi) is 13.2. The maximum absolute atomic E-state index is 13.2. The normalized spacial score (nSPS) is 18.9. The van der Waals surface area contributed by atoms with Gasteiger partial charge in [-0.05, 0) is 54.8 Å². The molecule has 2 rings (SSSR count). The topological polar surface area (TPSA) is 217 Å². The number of likely N-dealkylation sites (tertiary alicyclic amines) is 1. The van der Waals surface area contributed by atoms with Gasteiger partial charge in [0.1, 0.15) is 30.1 Å². The fourth-order valence-electron chi connectivity index (χ4n) is 4.39. The lowest BCUT2D eigenvalue weighted by molar-refractivity contribution is -0.151. The minimum atomic E-state index is -1.76. The molecule has 0 radical (unpaired) electrons. The number of aliphatic hydroxyl groups is 3. The average molecular weight is 591 g/mol. The number of ether oxygens (including phenoxy) is 1. The molecule has 1 aromatic carbocycles. The third-order valence-electron chi connectivity index (χ3n) is 6.69. The van der Waals surface area contributed by atoms with Crippen LogP contribution in [0.25, 0.3) is 10.4 Å². The van der Waals surface area contributed by atoms with Gasteiger partial charge in [-0.15, -0.1) is 0 Å². The molecule has 3 amide bonds. The molecule has 1 aromatic rings. The number of nitrogens with one attached hydrogen (secondary N) is 2. The van der Waals surface area contributed by atoms with Crippen LogP contribution < -0.4 is 10.6 Å². The number of allylic oxidation sites excluding steroid dienone is 1. The monoisotopic (exact) mass is 590 g/mol. The van der Waals surface area contributed by atoms with Crippen LogP contribution in [0.4, 0.5) is 5.69 Å². The highest BCUT2D eigenvalue weighted by Crippen LogP contribution is 2.23. The molecule has 232 valence electrons. The molecule has 5 atom stereocenters. The van der Waals surface area contributed by atoms with Gasteiger partial charge in [0.25, 0.3) is 11.8 Å². The Balaban J connectivity index is 1.95. The largest absolute Gasteiger partial charge is 0.507 e. The van der Waals surface area contributed by atoms with Crippen molar-refractivity contribution in [2.75, 3.05) is 26.7 Å². The number of rotatable bonds is 13. The van der Waals surface area contributed by atoms with Gasteiger partial charge in [-0.1, -0.05) is 38.0 Å². The lowest BCUT2D eigenvalue weighted by atomic mass is 9.94. The van der Waals surface area contributed by atoms with Gasteiger partial charge in [-0.3, -0.25) is 14.4 Å². The predicted octanol–water partition coefficient (Wildman–Crippen LogP) is 1.65. The maximum Gasteiger partial charge on any atom is 0.255 e. The quantitative estimate of drug-likeness (QED) is 0.0651. The number of benzene rings is 1. The number of methoxy groups -OCH3 is 1. The standard InChI is InChI=1S/C28H42N6O8/c1-28(2,3)12-11-21(36)22(37)23(38)24(42-4)26(40)31-19-8-5-6-14-34(27(19)41)15-7-13-30-25(39)18-16-17(32-33-29)9-10-20(18)35/h9-12,16,19,21-24,35-38H,5-8,13-15H2,1-4H3,(H,30,39)(H,31,40)/b12-11+/t19-,21+,22-,23+,24+/m0/s1. The van der Waals surface area contributed by atoms with Crippen molar-refractivity contribution in [3.63, 3.8) is 0 Å². The molecule has 0 spiro atoms. The van der Waals surface area contributed by atoms with E-state index in [0.717, 1.165) is 0 Å². The Bertz CT molecular complexity index is 1160. The zero-order valence-electron chi connectivity index (χ0n) is 24.4. The Hall–Kier alpha value is -3.68. The van der Waals surface area contributed by atoms with Crippen molar-refractivity contribution >= 4 is 23.4 Å². The molecule has 1 heterocycles. The molecule has 1 saturated heterocycles. The first-order valence-electron chi connectivity index (χ1n) is 13.8. The molecule has 0 saturated carbocycles. The van der Waals surface area contributed by atoms with Crippen molar-refractivity contribution in [3.8, 4) is 5.75 Å². The summed E-state index contributed by atoms with van der Waals surface area (Å²) in [4.78, 5) is 42.9. The molecule has 14 nitrogen and oxygen atoms in total. The number of aliphatic hydroxyl groups excluding tert-OH is 3. The lowest BCUT2D eigenvalue weighted by Gasteiger charge is -2.29. The highest BCUT2D eigenvalue weighted by molar-refractivity contribution is 5.97. The lowest BCUT2D eigenvalue weighted by Crippen LogP contribution is -2.56. The van der Waals surface area contributed by atoms with Gasteiger partial charge >= 0.3 is 0 Å². The van der Waals surface area contributed by atoms with Crippen LogP contribution in [0.2, 0.25) is 0 Å². The minimum absolute atomic E-state index is 0.0497. The molecule has 0 bridgehead atoms. The van der Waals surface area contributed by atoms with E-state index in [1.54, 1.807) is 11.0 Å². The Labute approximate surface area is 245 Å². The molecular weight excluding hydrogens is 548 g/mol. The number of carbonyl (C=O) groups is 3. The average Bonchev–Trinajstić information content (AvgIpc) is 3.11.